The van der Waals surface area contributed by atoms with Crippen molar-refractivity contribution in [2.75, 3.05) is 23.5 Å². The van der Waals surface area contributed by atoms with E-state index >= 15 is 0 Å². The Morgan fingerprint density at radius 1 is 1.06 bits per heavy atom. The summed E-state index contributed by atoms with van der Waals surface area (Å²) in [5.74, 6) is 2.96. The topological polar surface area (TPSA) is 102 Å². The Labute approximate surface area is 198 Å². The number of nitrogens with zero attached hydrogens (tertiary/aromatic N) is 2. The highest BCUT2D eigenvalue weighted by atomic mass is 32.2. The molecule has 3 amide bonds. The van der Waals surface area contributed by atoms with E-state index in [1.54, 1.807) is 40.9 Å². The second-order valence-corrected chi connectivity index (χ2v) is 11.3. The van der Waals surface area contributed by atoms with E-state index in [1.165, 1.54) is 19.3 Å². The van der Waals surface area contributed by atoms with E-state index in [9.17, 15) is 14.4 Å². The number of thioether (sulfide) groups is 1. The standard InChI is InChI=1S/C25H30N4O3S/c26-13-16-1-3-20(4-2-16)28-23(31)21-14-33-15-29(21)22(30)5-6-27-24(32)25-10-17-7-18(11-25)9-19(8-17)12-25/h1-4,17-19,21H,5-12,14-15H2,(H,27,32)(H,28,31). The predicted molar refractivity (Wildman–Crippen MR) is 126 cm³/mol. The fraction of sp³-hybridized carbons (Fsp3) is 0.600. The molecule has 1 aliphatic heterocycles. The Bertz CT molecular complexity index is 951. The van der Waals surface area contributed by atoms with Gasteiger partial charge in [-0.25, -0.2) is 0 Å². The number of anilines is 1. The molecular formula is C25H30N4O3S. The minimum Gasteiger partial charge on any atom is -0.355 e. The maximum absolute atomic E-state index is 13.1. The van der Waals surface area contributed by atoms with Crippen LogP contribution in [0.1, 0.15) is 50.5 Å². The van der Waals surface area contributed by atoms with Gasteiger partial charge in [0.25, 0.3) is 0 Å². The van der Waals surface area contributed by atoms with Crippen molar-refractivity contribution in [3.63, 3.8) is 0 Å². The van der Waals surface area contributed by atoms with Gasteiger partial charge in [-0.15, -0.1) is 11.8 Å². The quantitative estimate of drug-likeness (QED) is 0.671. The van der Waals surface area contributed by atoms with Crippen molar-refractivity contribution >= 4 is 35.2 Å². The maximum Gasteiger partial charge on any atom is 0.248 e. The first-order chi connectivity index (χ1) is 16.0. The average molecular weight is 467 g/mol. The molecule has 1 saturated heterocycles. The smallest absolute Gasteiger partial charge is 0.248 e. The minimum atomic E-state index is -0.531. The van der Waals surface area contributed by atoms with Gasteiger partial charge in [0.05, 0.1) is 17.5 Å². The average Bonchev–Trinajstić information content (AvgIpc) is 3.29. The molecule has 1 unspecified atom stereocenters. The number of rotatable bonds is 6. The molecule has 33 heavy (non-hydrogen) atoms. The van der Waals surface area contributed by atoms with Crippen molar-refractivity contribution in [3.05, 3.63) is 29.8 Å². The number of hydrogen-bond acceptors (Lipinski definition) is 5. The van der Waals surface area contributed by atoms with Crippen molar-refractivity contribution in [3.8, 4) is 6.07 Å². The van der Waals surface area contributed by atoms with Gasteiger partial charge in [-0.2, -0.15) is 5.26 Å². The Hall–Kier alpha value is -2.53. The summed E-state index contributed by atoms with van der Waals surface area (Å²) in [7, 11) is 0. The molecule has 8 heteroatoms. The summed E-state index contributed by atoms with van der Waals surface area (Å²) in [4.78, 5) is 40.4. The Morgan fingerprint density at radius 2 is 1.70 bits per heavy atom. The van der Waals surface area contributed by atoms with E-state index in [-0.39, 0.29) is 29.6 Å². The van der Waals surface area contributed by atoms with Crippen LogP contribution in [0.15, 0.2) is 24.3 Å². The van der Waals surface area contributed by atoms with Gasteiger partial charge in [0, 0.05) is 29.8 Å². The third-order valence-corrected chi connectivity index (χ3v) is 8.94. The number of nitriles is 1. The lowest BCUT2D eigenvalue weighted by Crippen LogP contribution is -2.54. The zero-order chi connectivity index (χ0) is 23.0. The summed E-state index contributed by atoms with van der Waals surface area (Å²) in [6.45, 7) is 0.324. The summed E-state index contributed by atoms with van der Waals surface area (Å²) in [6.07, 6.45) is 7.13. The van der Waals surface area contributed by atoms with Crippen LogP contribution in [0.25, 0.3) is 0 Å². The minimum absolute atomic E-state index is 0.106. The van der Waals surface area contributed by atoms with Crippen LogP contribution >= 0.6 is 11.8 Å². The molecule has 4 bridgehead atoms. The monoisotopic (exact) mass is 466 g/mol. The number of nitrogens with one attached hydrogen (secondary N) is 2. The van der Waals surface area contributed by atoms with E-state index in [1.807, 2.05) is 6.07 Å². The van der Waals surface area contributed by atoms with Crippen molar-refractivity contribution in [2.24, 2.45) is 23.2 Å². The highest BCUT2D eigenvalue weighted by Crippen LogP contribution is 2.60. The molecule has 1 aromatic rings. The van der Waals surface area contributed by atoms with Gasteiger partial charge in [-0.1, -0.05) is 0 Å². The van der Waals surface area contributed by atoms with Gasteiger partial charge in [0.15, 0.2) is 0 Å². The molecule has 1 atom stereocenters. The van der Waals surface area contributed by atoms with Crippen LogP contribution in [0, 0.1) is 34.5 Å². The van der Waals surface area contributed by atoms with Gasteiger partial charge in [-0.05, 0) is 80.5 Å². The molecule has 0 spiro atoms. The second kappa shape index (κ2) is 9.02. The number of amides is 3. The molecule has 2 N–H and O–H groups in total. The van der Waals surface area contributed by atoms with Crippen LogP contribution < -0.4 is 10.6 Å². The Kier molecular flexibility index (Phi) is 6.09. The van der Waals surface area contributed by atoms with Crippen LogP contribution in [-0.2, 0) is 14.4 Å². The summed E-state index contributed by atoms with van der Waals surface area (Å²) < 4.78 is 0. The molecule has 4 saturated carbocycles. The summed E-state index contributed by atoms with van der Waals surface area (Å²) in [5, 5.41) is 14.8. The van der Waals surface area contributed by atoms with Crippen molar-refractivity contribution in [1.82, 2.24) is 10.2 Å². The lowest BCUT2D eigenvalue weighted by molar-refractivity contribution is -0.146. The van der Waals surface area contributed by atoms with Crippen molar-refractivity contribution in [2.45, 2.75) is 51.0 Å². The number of carbonyl (C=O) groups is 3. The van der Waals surface area contributed by atoms with Crippen LogP contribution in [0.2, 0.25) is 0 Å². The Morgan fingerprint density at radius 3 is 2.30 bits per heavy atom. The van der Waals surface area contributed by atoms with Gasteiger partial charge in [0.2, 0.25) is 17.7 Å². The van der Waals surface area contributed by atoms with E-state index in [4.69, 9.17) is 5.26 Å². The molecule has 6 rings (SSSR count). The van der Waals surface area contributed by atoms with E-state index in [2.05, 4.69) is 10.6 Å². The van der Waals surface area contributed by atoms with Gasteiger partial charge in [0.1, 0.15) is 6.04 Å². The Balaban J connectivity index is 1.12. The lowest BCUT2D eigenvalue weighted by Gasteiger charge is -2.55. The molecule has 7 nitrogen and oxygen atoms in total. The third-order valence-electron chi connectivity index (χ3n) is 7.93. The molecule has 0 radical (unpaired) electrons. The van der Waals surface area contributed by atoms with Gasteiger partial charge >= 0.3 is 0 Å². The maximum atomic E-state index is 13.1. The van der Waals surface area contributed by atoms with E-state index in [0.717, 1.165) is 19.3 Å². The first-order valence-corrected chi connectivity index (χ1v) is 13.1. The number of hydrogen-bond donors (Lipinski definition) is 2. The molecule has 1 aromatic carbocycles. The first-order valence-electron chi connectivity index (χ1n) is 11.9. The van der Waals surface area contributed by atoms with Crippen LogP contribution in [0.4, 0.5) is 5.69 Å². The largest absolute Gasteiger partial charge is 0.355 e. The molecule has 174 valence electrons. The van der Waals surface area contributed by atoms with Crippen LogP contribution in [-0.4, -0.2) is 46.8 Å². The van der Waals surface area contributed by atoms with Crippen LogP contribution in [0.3, 0.4) is 0 Å². The first kappa shape index (κ1) is 22.3. The highest BCUT2D eigenvalue weighted by molar-refractivity contribution is 7.99. The zero-order valence-corrected chi connectivity index (χ0v) is 19.5. The molecular weight excluding hydrogens is 436 g/mol. The van der Waals surface area contributed by atoms with Gasteiger partial charge in [-0.3, -0.25) is 14.4 Å². The zero-order valence-electron chi connectivity index (χ0n) is 18.7. The van der Waals surface area contributed by atoms with Crippen molar-refractivity contribution in [1.29, 1.82) is 5.26 Å². The molecule has 0 aromatic heterocycles. The summed E-state index contributed by atoms with van der Waals surface area (Å²) >= 11 is 1.56. The van der Waals surface area contributed by atoms with Crippen LogP contribution in [0.5, 0.6) is 0 Å². The molecule has 5 aliphatic rings. The normalized spacial score (nSPS) is 31.8. The van der Waals surface area contributed by atoms with E-state index < -0.39 is 6.04 Å². The second-order valence-electron chi connectivity index (χ2n) is 10.3. The molecule has 5 fully saturated rings. The summed E-state index contributed by atoms with van der Waals surface area (Å²) in [5.41, 5.74) is 0.924. The van der Waals surface area contributed by atoms with E-state index in [0.29, 0.717) is 47.2 Å². The highest BCUT2D eigenvalue weighted by Gasteiger charge is 2.54. The SMILES string of the molecule is N#Cc1ccc(NC(=O)C2CSCN2C(=O)CCNC(=O)C23CC4CC(CC(C4)C2)C3)cc1. The molecule has 4 aliphatic carbocycles. The van der Waals surface area contributed by atoms with Gasteiger partial charge < -0.3 is 15.5 Å². The lowest BCUT2D eigenvalue weighted by atomic mass is 9.49. The fourth-order valence-corrected chi connectivity index (χ4v) is 7.94. The predicted octanol–water partition coefficient (Wildman–Crippen LogP) is 3.12. The fourth-order valence-electron chi connectivity index (χ4n) is 6.76. The molecule has 1 heterocycles. The van der Waals surface area contributed by atoms with Crippen molar-refractivity contribution < 1.29 is 14.4 Å². The number of benzene rings is 1. The summed E-state index contributed by atoms with van der Waals surface area (Å²) in [6, 6.07) is 8.18. The third kappa shape index (κ3) is 4.48. The number of carbonyl (C=O) groups excluding carboxylic acids is 3.